The van der Waals surface area contributed by atoms with Crippen molar-refractivity contribution in [2.45, 2.75) is 52.5 Å². The third-order valence-corrected chi connectivity index (χ3v) is 3.76. The van der Waals surface area contributed by atoms with E-state index in [0.29, 0.717) is 12.3 Å². The lowest BCUT2D eigenvalue weighted by Crippen LogP contribution is -2.21. The Kier molecular flexibility index (Phi) is 5.41. The minimum atomic E-state index is -0.398. The molecule has 0 aliphatic carbocycles. The molecule has 0 radical (unpaired) electrons. The molecular formula is C17H25N3O2. The van der Waals surface area contributed by atoms with Crippen LogP contribution in [0.3, 0.4) is 0 Å². The van der Waals surface area contributed by atoms with Gasteiger partial charge in [0, 0.05) is 6.42 Å². The van der Waals surface area contributed by atoms with Crippen molar-refractivity contribution in [1.82, 2.24) is 9.55 Å². The molecule has 0 saturated carbocycles. The highest BCUT2D eigenvalue weighted by molar-refractivity contribution is 5.89. The predicted octanol–water partition coefficient (Wildman–Crippen LogP) is 3.48. The third-order valence-electron chi connectivity index (χ3n) is 3.76. The Morgan fingerprint density at radius 1 is 1.36 bits per heavy atom. The Bertz CT molecular complexity index is 649. The number of para-hydroxylation sites is 1. The largest absolute Gasteiger partial charge is 0.464 e. The fourth-order valence-electron chi connectivity index (χ4n) is 2.56. The zero-order valence-corrected chi connectivity index (χ0v) is 13.6. The lowest BCUT2D eigenvalue weighted by molar-refractivity contribution is -0.147. The summed E-state index contributed by atoms with van der Waals surface area (Å²) in [5.41, 5.74) is 8.34. The number of nitrogens with two attached hydrogens (primary N) is 1. The number of fused-ring (bicyclic) bond motifs is 1. The molecule has 1 unspecified atom stereocenters. The van der Waals surface area contributed by atoms with Crippen molar-refractivity contribution in [1.29, 1.82) is 0 Å². The van der Waals surface area contributed by atoms with Gasteiger partial charge in [0.2, 0.25) is 0 Å². The number of imidazole rings is 1. The fourth-order valence-corrected chi connectivity index (χ4v) is 2.56. The summed E-state index contributed by atoms with van der Waals surface area (Å²) in [6, 6.07) is 5.29. The molecule has 0 spiro atoms. The minimum Gasteiger partial charge on any atom is -0.464 e. The molecule has 2 N–H and O–H groups in total. The van der Waals surface area contributed by atoms with Crippen LogP contribution < -0.4 is 5.73 Å². The van der Waals surface area contributed by atoms with Crippen LogP contribution in [0.2, 0.25) is 0 Å². The Morgan fingerprint density at radius 3 is 2.82 bits per heavy atom. The first-order chi connectivity index (χ1) is 10.6. The van der Waals surface area contributed by atoms with Crippen molar-refractivity contribution >= 4 is 22.7 Å². The van der Waals surface area contributed by atoms with Crippen LogP contribution in [-0.4, -0.2) is 22.1 Å². The molecule has 0 amide bonds. The molecule has 22 heavy (non-hydrogen) atoms. The molecule has 1 aromatic heterocycles. The Hall–Kier alpha value is -2.04. The first kappa shape index (κ1) is 16.3. The highest BCUT2D eigenvalue weighted by atomic mass is 16.5. The molecule has 0 fully saturated rings. The van der Waals surface area contributed by atoms with Crippen molar-refractivity contribution in [2.75, 3.05) is 12.3 Å². The molecule has 0 aliphatic heterocycles. The number of nitrogen functional groups attached to an aromatic ring is 1. The van der Waals surface area contributed by atoms with Gasteiger partial charge in [0.1, 0.15) is 17.4 Å². The topological polar surface area (TPSA) is 70.1 Å². The summed E-state index contributed by atoms with van der Waals surface area (Å²) in [6.45, 7) is 6.43. The summed E-state index contributed by atoms with van der Waals surface area (Å²) in [5.74, 6) is 0.678. The summed E-state index contributed by atoms with van der Waals surface area (Å²) in [4.78, 5) is 16.9. The van der Waals surface area contributed by atoms with Gasteiger partial charge in [-0.1, -0.05) is 26.3 Å². The number of aromatic nitrogens is 2. The molecular weight excluding hydrogens is 278 g/mol. The van der Waals surface area contributed by atoms with Gasteiger partial charge in [-0.3, -0.25) is 0 Å². The molecule has 2 rings (SSSR count). The number of nitrogens with zero attached hydrogens (tertiary/aromatic N) is 2. The summed E-state index contributed by atoms with van der Waals surface area (Å²) in [7, 11) is 0. The van der Waals surface area contributed by atoms with Crippen LogP contribution >= 0.6 is 0 Å². The van der Waals surface area contributed by atoms with E-state index in [-0.39, 0.29) is 5.97 Å². The lowest BCUT2D eigenvalue weighted by Gasteiger charge is -2.16. The van der Waals surface area contributed by atoms with Crippen LogP contribution in [0.5, 0.6) is 0 Å². The quantitative estimate of drug-likeness (QED) is 0.628. The third kappa shape index (κ3) is 3.24. The number of hydrogen-bond donors (Lipinski definition) is 1. The van der Waals surface area contributed by atoms with Crippen LogP contribution in [-0.2, 0) is 16.0 Å². The molecule has 0 aliphatic rings. The van der Waals surface area contributed by atoms with Gasteiger partial charge in [0.05, 0.1) is 17.8 Å². The first-order valence-corrected chi connectivity index (χ1v) is 8.02. The van der Waals surface area contributed by atoms with Crippen molar-refractivity contribution in [3.63, 3.8) is 0 Å². The van der Waals surface area contributed by atoms with E-state index in [9.17, 15) is 4.79 Å². The van der Waals surface area contributed by atoms with E-state index in [1.165, 1.54) is 0 Å². The van der Waals surface area contributed by atoms with Gasteiger partial charge >= 0.3 is 5.97 Å². The second kappa shape index (κ2) is 7.29. The van der Waals surface area contributed by atoms with E-state index in [4.69, 9.17) is 10.5 Å². The summed E-state index contributed by atoms with van der Waals surface area (Å²) < 4.78 is 7.27. The van der Waals surface area contributed by atoms with E-state index in [0.717, 1.165) is 42.5 Å². The van der Waals surface area contributed by atoms with Gasteiger partial charge in [-0.05, 0) is 31.9 Å². The van der Waals surface area contributed by atoms with E-state index >= 15 is 0 Å². The second-order valence-electron chi connectivity index (χ2n) is 5.56. The molecule has 0 saturated heterocycles. The highest BCUT2D eigenvalue weighted by Gasteiger charge is 2.23. The van der Waals surface area contributed by atoms with Crippen LogP contribution in [0.15, 0.2) is 18.2 Å². The first-order valence-electron chi connectivity index (χ1n) is 8.02. The van der Waals surface area contributed by atoms with E-state index in [1.54, 1.807) is 0 Å². The summed E-state index contributed by atoms with van der Waals surface area (Å²) in [5, 5.41) is 0. The number of benzene rings is 1. The normalized spacial score (nSPS) is 12.5. The average Bonchev–Trinajstić information content (AvgIpc) is 2.89. The number of hydrogen-bond acceptors (Lipinski definition) is 4. The lowest BCUT2D eigenvalue weighted by atomic mass is 10.2. The summed E-state index contributed by atoms with van der Waals surface area (Å²) in [6.07, 6.45) is 3.75. The fraction of sp³-hybridized carbons (Fsp3) is 0.529. The Labute approximate surface area is 131 Å². The number of carbonyl (C=O) groups is 1. The van der Waals surface area contributed by atoms with Gasteiger partial charge in [-0.2, -0.15) is 0 Å². The molecule has 5 heteroatoms. The van der Waals surface area contributed by atoms with Gasteiger partial charge in [-0.25, -0.2) is 9.78 Å². The van der Waals surface area contributed by atoms with Gasteiger partial charge in [-0.15, -0.1) is 0 Å². The number of ether oxygens (including phenoxy) is 1. The monoisotopic (exact) mass is 303 g/mol. The Balaban J connectivity index is 2.44. The molecule has 1 heterocycles. The van der Waals surface area contributed by atoms with E-state index < -0.39 is 6.04 Å². The van der Waals surface area contributed by atoms with Crippen LogP contribution in [0.25, 0.3) is 11.0 Å². The standard InChI is InChI=1S/C17H25N3O2/c1-4-6-10-15-19-16-13(18)8-7-9-14(16)20(15)12(3)17(21)22-11-5-2/h7-9,12H,4-6,10-11,18H2,1-3H3. The maximum Gasteiger partial charge on any atom is 0.328 e. The number of esters is 1. The molecule has 120 valence electrons. The Morgan fingerprint density at radius 2 is 2.14 bits per heavy atom. The van der Waals surface area contributed by atoms with Gasteiger partial charge in [0.15, 0.2) is 0 Å². The number of unbranched alkanes of at least 4 members (excludes halogenated alkanes) is 1. The average molecular weight is 303 g/mol. The number of anilines is 1. The van der Waals surface area contributed by atoms with Crippen LogP contribution in [0, 0.1) is 0 Å². The molecule has 1 aromatic carbocycles. The zero-order chi connectivity index (χ0) is 16.1. The highest BCUT2D eigenvalue weighted by Crippen LogP contribution is 2.26. The zero-order valence-electron chi connectivity index (χ0n) is 13.6. The van der Waals surface area contributed by atoms with Crippen molar-refractivity contribution in [2.24, 2.45) is 0 Å². The van der Waals surface area contributed by atoms with E-state index in [2.05, 4.69) is 11.9 Å². The van der Waals surface area contributed by atoms with Crippen molar-refractivity contribution < 1.29 is 9.53 Å². The van der Waals surface area contributed by atoms with Crippen LogP contribution in [0.4, 0.5) is 5.69 Å². The summed E-state index contributed by atoms with van der Waals surface area (Å²) >= 11 is 0. The molecule has 5 nitrogen and oxygen atoms in total. The second-order valence-corrected chi connectivity index (χ2v) is 5.56. The molecule has 2 aromatic rings. The number of rotatable bonds is 7. The maximum atomic E-state index is 12.3. The molecule has 0 bridgehead atoms. The number of aryl methyl sites for hydroxylation is 1. The SMILES string of the molecule is CCCCc1nc2c(N)cccc2n1C(C)C(=O)OCCC. The van der Waals surface area contributed by atoms with Crippen molar-refractivity contribution in [3.8, 4) is 0 Å². The smallest absolute Gasteiger partial charge is 0.328 e. The molecule has 1 atom stereocenters. The van der Waals surface area contributed by atoms with E-state index in [1.807, 2.05) is 36.6 Å². The van der Waals surface area contributed by atoms with Gasteiger partial charge < -0.3 is 15.0 Å². The maximum absolute atomic E-state index is 12.3. The predicted molar refractivity (Wildman–Crippen MR) is 88.7 cm³/mol. The number of carbonyl (C=O) groups excluding carboxylic acids is 1. The van der Waals surface area contributed by atoms with Crippen LogP contribution in [0.1, 0.15) is 51.9 Å². The minimum absolute atomic E-state index is 0.221. The van der Waals surface area contributed by atoms with Gasteiger partial charge in [0.25, 0.3) is 0 Å². The van der Waals surface area contributed by atoms with Crippen molar-refractivity contribution in [3.05, 3.63) is 24.0 Å².